The lowest BCUT2D eigenvalue weighted by molar-refractivity contribution is -0.139. The Balaban J connectivity index is 1.54. The molecule has 2 N–H and O–H groups in total. The third kappa shape index (κ3) is 1.56. The summed E-state index contributed by atoms with van der Waals surface area (Å²) in [5.41, 5.74) is 0. The topological polar surface area (TPSA) is 52.6 Å². The number of nitrogens with one attached hydrogen (secondary N) is 1. The number of rotatable bonds is 2. The molecule has 1 saturated carbocycles. The fourth-order valence-corrected chi connectivity index (χ4v) is 3.40. The summed E-state index contributed by atoms with van der Waals surface area (Å²) >= 11 is 0. The van der Waals surface area contributed by atoms with E-state index >= 15 is 0 Å². The maximum absolute atomic E-state index is 10.8. The number of piperidine rings is 2. The molecule has 84 valence electrons. The first-order valence-electron chi connectivity index (χ1n) is 5.95. The van der Waals surface area contributed by atoms with Gasteiger partial charge in [-0.3, -0.25) is 9.69 Å². The maximum atomic E-state index is 10.8. The van der Waals surface area contributed by atoms with Crippen molar-refractivity contribution in [3.63, 3.8) is 0 Å². The summed E-state index contributed by atoms with van der Waals surface area (Å²) in [6, 6.07) is 0.716. The van der Waals surface area contributed by atoms with Crippen LogP contribution < -0.4 is 5.32 Å². The first-order valence-corrected chi connectivity index (χ1v) is 5.95. The molecule has 0 bridgehead atoms. The van der Waals surface area contributed by atoms with Gasteiger partial charge < -0.3 is 10.4 Å². The molecule has 2 heterocycles. The lowest BCUT2D eigenvalue weighted by Crippen LogP contribution is -2.43. The molecule has 0 aromatic heterocycles. The Morgan fingerprint density at radius 3 is 2.33 bits per heavy atom. The highest BCUT2D eigenvalue weighted by atomic mass is 16.4. The van der Waals surface area contributed by atoms with E-state index in [1.807, 2.05) is 0 Å². The number of hydrogen-bond acceptors (Lipinski definition) is 3. The largest absolute Gasteiger partial charge is 0.481 e. The van der Waals surface area contributed by atoms with Gasteiger partial charge in [0, 0.05) is 19.1 Å². The monoisotopic (exact) mass is 210 g/mol. The molecule has 2 unspecified atom stereocenters. The van der Waals surface area contributed by atoms with Crippen LogP contribution >= 0.6 is 0 Å². The van der Waals surface area contributed by atoms with E-state index < -0.39 is 5.97 Å². The van der Waals surface area contributed by atoms with Crippen molar-refractivity contribution < 1.29 is 9.90 Å². The van der Waals surface area contributed by atoms with Crippen LogP contribution in [-0.2, 0) is 4.79 Å². The standard InChI is InChI=1S/C11H18N2O2/c14-11(15)10-8-5-13(6-9(8)10)7-1-3-12-4-2-7/h7-10,12H,1-6H2,(H,14,15). The van der Waals surface area contributed by atoms with Crippen molar-refractivity contribution in [1.82, 2.24) is 10.2 Å². The molecule has 3 fully saturated rings. The highest BCUT2D eigenvalue weighted by molar-refractivity contribution is 5.74. The third-order valence-electron chi connectivity index (χ3n) is 4.33. The van der Waals surface area contributed by atoms with Crippen molar-refractivity contribution in [3.05, 3.63) is 0 Å². The molecule has 2 aliphatic heterocycles. The average molecular weight is 210 g/mol. The number of hydrogen-bond donors (Lipinski definition) is 2. The number of nitrogens with zero attached hydrogens (tertiary/aromatic N) is 1. The predicted octanol–water partition coefficient (Wildman–Crippen LogP) is 0.000800. The van der Waals surface area contributed by atoms with Crippen LogP contribution in [0.25, 0.3) is 0 Å². The summed E-state index contributed by atoms with van der Waals surface area (Å²) in [7, 11) is 0. The molecule has 0 spiro atoms. The van der Waals surface area contributed by atoms with Gasteiger partial charge in [0.05, 0.1) is 5.92 Å². The van der Waals surface area contributed by atoms with Gasteiger partial charge >= 0.3 is 5.97 Å². The zero-order valence-corrected chi connectivity index (χ0v) is 8.85. The van der Waals surface area contributed by atoms with Gasteiger partial charge in [-0.1, -0.05) is 0 Å². The zero-order chi connectivity index (χ0) is 10.4. The van der Waals surface area contributed by atoms with Crippen molar-refractivity contribution >= 4 is 5.97 Å². The minimum Gasteiger partial charge on any atom is -0.481 e. The lowest BCUT2D eigenvalue weighted by Gasteiger charge is -2.32. The Morgan fingerprint density at radius 1 is 1.20 bits per heavy atom. The molecule has 0 aromatic carbocycles. The Hall–Kier alpha value is -0.610. The van der Waals surface area contributed by atoms with Gasteiger partial charge in [0.25, 0.3) is 0 Å². The molecule has 2 saturated heterocycles. The molecule has 0 aromatic rings. The van der Waals surface area contributed by atoms with Crippen molar-refractivity contribution in [3.8, 4) is 0 Å². The van der Waals surface area contributed by atoms with Crippen LogP contribution in [0.1, 0.15) is 12.8 Å². The van der Waals surface area contributed by atoms with Crippen LogP contribution in [0.2, 0.25) is 0 Å². The molecular weight excluding hydrogens is 192 g/mol. The van der Waals surface area contributed by atoms with Gasteiger partial charge in [0.2, 0.25) is 0 Å². The van der Waals surface area contributed by atoms with Crippen molar-refractivity contribution in [2.75, 3.05) is 26.2 Å². The smallest absolute Gasteiger partial charge is 0.307 e. The second-order valence-corrected chi connectivity index (χ2v) is 5.13. The third-order valence-corrected chi connectivity index (χ3v) is 4.33. The summed E-state index contributed by atoms with van der Waals surface area (Å²) in [5.74, 6) is 0.354. The van der Waals surface area contributed by atoms with Crippen molar-refractivity contribution in [2.45, 2.75) is 18.9 Å². The van der Waals surface area contributed by atoms with Crippen molar-refractivity contribution in [1.29, 1.82) is 0 Å². The van der Waals surface area contributed by atoms with E-state index in [-0.39, 0.29) is 5.92 Å². The van der Waals surface area contributed by atoms with Crippen LogP contribution in [0.4, 0.5) is 0 Å². The van der Waals surface area contributed by atoms with Gasteiger partial charge in [-0.2, -0.15) is 0 Å². The SMILES string of the molecule is O=C(O)C1C2CN(C3CCNCC3)CC21. The molecule has 3 rings (SSSR count). The minimum atomic E-state index is -0.574. The number of carboxylic acid groups (broad SMARTS) is 1. The van der Waals surface area contributed by atoms with E-state index in [1.54, 1.807) is 0 Å². The molecule has 15 heavy (non-hydrogen) atoms. The molecule has 3 aliphatic rings. The van der Waals surface area contributed by atoms with E-state index in [0.717, 1.165) is 26.2 Å². The van der Waals surface area contributed by atoms with Crippen LogP contribution in [0.15, 0.2) is 0 Å². The van der Waals surface area contributed by atoms with Gasteiger partial charge in [-0.15, -0.1) is 0 Å². The molecule has 2 atom stereocenters. The number of likely N-dealkylation sites (tertiary alicyclic amines) is 1. The van der Waals surface area contributed by atoms with E-state index in [0.29, 0.717) is 17.9 Å². The summed E-state index contributed by atoms with van der Waals surface area (Å²) in [6.07, 6.45) is 2.47. The molecule has 4 nitrogen and oxygen atoms in total. The number of fused-ring (bicyclic) bond motifs is 1. The number of aliphatic carboxylic acids is 1. The maximum Gasteiger partial charge on any atom is 0.307 e. The summed E-state index contributed by atoms with van der Waals surface area (Å²) in [5, 5.41) is 12.3. The quantitative estimate of drug-likeness (QED) is 0.673. The van der Waals surface area contributed by atoms with Crippen LogP contribution in [0.3, 0.4) is 0 Å². The Kier molecular flexibility index (Phi) is 2.21. The number of carbonyl (C=O) groups is 1. The highest BCUT2D eigenvalue weighted by Gasteiger charge is 2.60. The van der Waals surface area contributed by atoms with Crippen LogP contribution in [-0.4, -0.2) is 48.2 Å². The van der Waals surface area contributed by atoms with E-state index in [4.69, 9.17) is 5.11 Å². The van der Waals surface area contributed by atoms with E-state index in [2.05, 4.69) is 10.2 Å². The molecule has 0 radical (unpaired) electrons. The fraction of sp³-hybridized carbons (Fsp3) is 0.909. The first-order chi connectivity index (χ1) is 7.27. The second kappa shape index (κ2) is 3.46. The Labute approximate surface area is 89.6 Å². The summed E-state index contributed by atoms with van der Waals surface area (Å²) < 4.78 is 0. The molecule has 1 aliphatic carbocycles. The Morgan fingerprint density at radius 2 is 1.80 bits per heavy atom. The number of carboxylic acids is 1. The first kappa shape index (κ1) is 9.60. The normalized spacial score (nSPS) is 41.5. The highest BCUT2D eigenvalue weighted by Crippen LogP contribution is 2.52. The second-order valence-electron chi connectivity index (χ2n) is 5.13. The van der Waals surface area contributed by atoms with Crippen LogP contribution in [0, 0.1) is 17.8 Å². The predicted molar refractivity (Wildman–Crippen MR) is 55.6 cm³/mol. The zero-order valence-electron chi connectivity index (χ0n) is 8.85. The minimum absolute atomic E-state index is 0.0111. The fourth-order valence-electron chi connectivity index (χ4n) is 3.40. The molecular formula is C11H18N2O2. The van der Waals surface area contributed by atoms with Crippen molar-refractivity contribution in [2.24, 2.45) is 17.8 Å². The summed E-state index contributed by atoms with van der Waals surface area (Å²) in [4.78, 5) is 13.4. The van der Waals surface area contributed by atoms with Gasteiger partial charge in [-0.25, -0.2) is 0 Å². The van der Waals surface area contributed by atoms with Gasteiger partial charge in [0.1, 0.15) is 0 Å². The lowest BCUT2D eigenvalue weighted by atomic mass is 10.0. The van der Waals surface area contributed by atoms with Crippen LogP contribution in [0.5, 0.6) is 0 Å². The van der Waals surface area contributed by atoms with Gasteiger partial charge in [0.15, 0.2) is 0 Å². The van der Waals surface area contributed by atoms with E-state index in [1.165, 1.54) is 12.8 Å². The van der Waals surface area contributed by atoms with E-state index in [9.17, 15) is 4.79 Å². The molecule has 0 amide bonds. The summed E-state index contributed by atoms with van der Waals surface area (Å²) in [6.45, 7) is 4.32. The Bertz CT molecular complexity index is 264. The van der Waals surface area contributed by atoms with Gasteiger partial charge in [-0.05, 0) is 37.8 Å². The molecule has 4 heteroatoms. The average Bonchev–Trinajstić information content (AvgIpc) is 2.77.